The van der Waals surface area contributed by atoms with E-state index in [1.807, 2.05) is 7.05 Å². The maximum Gasteiger partial charge on any atom is 0.0369 e. The van der Waals surface area contributed by atoms with E-state index in [9.17, 15) is 0 Å². The Balaban J connectivity index is 2.12. The summed E-state index contributed by atoms with van der Waals surface area (Å²) in [5.74, 6) is 0. The van der Waals surface area contributed by atoms with Gasteiger partial charge in [0.05, 0.1) is 0 Å². The second-order valence-corrected chi connectivity index (χ2v) is 5.04. The topological polar surface area (TPSA) is 15.3 Å². The average molecular weight is 232 g/mol. The van der Waals surface area contributed by atoms with Gasteiger partial charge < -0.3 is 10.2 Å². The average Bonchev–Trinajstić information content (AvgIpc) is 2.60. The zero-order chi connectivity index (χ0) is 12.1. The van der Waals surface area contributed by atoms with Crippen LogP contribution < -0.4 is 10.2 Å². The summed E-state index contributed by atoms with van der Waals surface area (Å²) in [6.07, 6.45) is 5.48. The number of nitrogens with one attached hydrogen (secondary N) is 1. The molecular formula is C15H24N2. The van der Waals surface area contributed by atoms with Gasteiger partial charge in [0.15, 0.2) is 0 Å². The first-order chi connectivity index (χ1) is 8.31. The van der Waals surface area contributed by atoms with Crippen molar-refractivity contribution in [2.45, 2.75) is 39.2 Å². The number of nitrogens with zero attached hydrogens (tertiary/aromatic N) is 1. The van der Waals surface area contributed by atoms with Gasteiger partial charge in [-0.2, -0.15) is 0 Å². The molecule has 1 N–H and O–H groups in total. The first-order valence-electron chi connectivity index (χ1n) is 6.80. The van der Waals surface area contributed by atoms with Gasteiger partial charge >= 0.3 is 0 Å². The second-order valence-electron chi connectivity index (χ2n) is 5.04. The van der Waals surface area contributed by atoms with E-state index < -0.39 is 0 Å². The molecule has 2 rings (SSSR count). The highest BCUT2D eigenvalue weighted by Gasteiger charge is 2.10. The zero-order valence-electron chi connectivity index (χ0n) is 11.1. The highest BCUT2D eigenvalue weighted by molar-refractivity contribution is 5.51. The smallest absolute Gasteiger partial charge is 0.0369 e. The molecule has 0 aliphatic carbocycles. The van der Waals surface area contributed by atoms with Crippen LogP contribution in [-0.4, -0.2) is 20.1 Å². The van der Waals surface area contributed by atoms with Crippen LogP contribution in [-0.2, 0) is 6.54 Å². The summed E-state index contributed by atoms with van der Waals surface area (Å²) in [5.41, 5.74) is 4.22. The Hall–Kier alpha value is -1.02. The lowest BCUT2D eigenvalue weighted by atomic mass is 10.1. The number of rotatable bonds is 3. The summed E-state index contributed by atoms with van der Waals surface area (Å²) in [5, 5.41) is 3.22. The van der Waals surface area contributed by atoms with Gasteiger partial charge in [-0.05, 0) is 50.1 Å². The van der Waals surface area contributed by atoms with Crippen molar-refractivity contribution < 1.29 is 0 Å². The van der Waals surface area contributed by atoms with Gasteiger partial charge in [0.2, 0.25) is 0 Å². The number of hydrogen-bond acceptors (Lipinski definition) is 2. The summed E-state index contributed by atoms with van der Waals surface area (Å²) in [7, 11) is 2.00. The molecule has 2 nitrogen and oxygen atoms in total. The molecule has 0 spiro atoms. The quantitative estimate of drug-likeness (QED) is 0.861. The molecule has 1 heterocycles. The van der Waals surface area contributed by atoms with Crippen molar-refractivity contribution in [3.63, 3.8) is 0 Å². The number of anilines is 1. The Kier molecular flexibility index (Phi) is 4.43. The largest absolute Gasteiger partial charge is 0.372 e. The standard InChI is InChI=1S/C15H24N2/c1-13-11-15(8-7-14(13)12-16-2)17-9-5-3-4-6-10-17/h7-8,11,16H,3-6,9-10,12H2,1-2H3. The van der Waals surface area contributed by atoms with Gasteiger partial charge in [-0.3, -0.25) is 0 Å². The molecular weight excluding hydrogens is 208 g/mol. The van der Waals surface area contributed by atoms with Gasteiger partial charge in [0.1, 0.15) is 0 Å². The van der Waals surface area contributed by atoms with Gasteiger partial charge in [-0.15, -0.1) is 0 Å². The molecule has 0 unspecified atom stereocenters. The van der Waals surface area contributed by atoms with Crippen LogP contribution in [0, 0.1) is 6.92 Å². The lowest BCUT2D eigenvalue weighted by molar-refractivity contribution is 0.726. The number of hydrogen-bond donors (Lipinski definition) is 1. The predicted molar refractivity (Wildman–Crippen MR) is 74.6 cm³/mol. The zero-order valence-corrected chi connectivity index (χ0v) is 11.1. The van der Waals surface area contributed by atoms with Gasteiger partial charge in [0.25, 0.3) is 0 Å². The SMILES string of the molecule is CNCc1ccc(N2CCCCCC2)cc1C. The van der Waals surface area contributed by atoms with Crippen LogP contribution in [0.5, 0.6) is 0 Å². The minimum absolute atomic E-state index is 0.964. The number of aryl methyl sites for hydroxylation is 1. The van der Waals surface area contributed by atoms with E-state index >= 15 is 0 Å². The Morgan fingerprint density at radius 1 is 1.12 bits per heavy atom. The van der Waals surface area contributed by atoms with Crippen LogP contribution in [0.25, 0.3) is 0 Å². The van der Waals surface area contributed by atoms with E-state index in [1.54, 1.807) is 0 Å². The molecule has 1 aliphatic heterocycles. The lowest BCUT2D eigenvalue weighted by Crippen LogP contribution is -2.24. The Morgan fingerprint density at radius 3 is 2.41 bits per heavy atom. The maximum atomic E-state index is 3.22. The number of benzene rings is 1. The van der Waals surface area contributed by atoms with E-state index in [0.717, 1.165) is 6.54 Å². The van der Waals surface area contributed by atoms with Crippen LogP contribution in [0.4, 0.5) is 5.69 Å². The van der Waals surface area contributed by atoms with Crippen molar-refractivity contribution in [1.29, 1.82) is 0 Å². The maximum absolute atomic E-state index is 3.22. The van der Waals surface area contributed by atoms with E-state index in [2.05, 4.69) is 35.3 Å². The van der Waals surface area contributed by atoms with E-state index in [0.29, 0.717) is 0 Å². The molecule has 1 aromatic rings. The van der Waals surface area contributed by atoms with Gasteiger partial charge in [0, 0.05) is 25.3 Å². The molecule has 0 radical (unpaired) electrons. The van der Waals surface area contributed by atoms with Crippen molar-refractivity contribution in [1.82, 2.24) is 5.32 Å². The highest BCUT2D eigenvalue weighted by Crippen LogP contribution is 2.22. The third-order valence-corrected chi connectivity index (χ3v) is 3.66. The molecule has 0 amide bonds. The fraction of sp³-hybridized carbons (Fsp3) is 0.600. The molecule has 0 saturated carbocycles. The second kappa shape index (κ2) is 6.06. The summed E-state index contributed by atoms with van der Waals surface area (Å²) < 4.78 is 0. The summed E-state index contributed by atoms with van der Waals surface area (Å²) in [6.45, 7) is 5.63. The normalized spacial score (nSPS) is 16.9. The van der Waals surface area contributed by atoms with E-state index in [4.69, 9.17) is 0 Å². The summed E-state index contributed by atoms with van der Waals surface area (Å²) in [4.78, 5) is 2.54. The predicted octanol–water partition coefficient (Wildman–Crippen LogP) is 3.09. The molecule has 94 valence electrons. The van der Waals surface area contributed by atoms with Crippen molar-refractivity contribution >= 4 is 5.69 Å². The monoisotopic (exact) mass is 232 g/mol. The summed E-state index contributed by atoms with van der Waals surface area (Å²) in [6, 6.07) is 6.90. The molecule has 1 aromatic carbocycles. The van der Waals surface area contributed by atoms with Crippen LogP contribution in [0.2, 0.25) is 0 Å². The lowest BCUT2D eigenvalue weighted by Gasteiger charge is -2.23. The minimum atomic E-state index is 0.964. The molecule has 1 fully saturated rings. The minimum Gasteiger partial charge on any atom is -0.372 e. The van der Waals surface area contributed by atoms with E-state index in [-0.39, 0.29) is 0 Å². The molecule has 2 heteroatoms. The fourth-order valence-electron chi connectivity index (χ4n) is 2.59. The molecule has 0 atom stereocenters. The van der Waals surface area contributed by atoms with Crippen molar-refractivity contribution in [3.8, 4) is 0 Å². The molecule has 0 aromatic heterocycles. The highest BCUT2D eigenvalue weighted by atomic mass is 15.1. The molecule has 0 bridgehead atoms. The Bertz CT molecular complexity index is 352. The third-order valence-electron chi connectivity index (χ3n) is 3.66. The first-order valence-corrected chi connectivity index (χ1v) is 6.80. The molecule has 17 heavy (non-hydrogen) atoms. The molecule has 1 saturated heterocycles. The van der Waals surface area contributed by atoms with Crippen molar-refractivity contribution in [2.24, 2.45) is 0 Å². The fourth-order valence-corrected chi connectivity index (χ4v) is 2.59. The molecule has 1 aliphatic rings. The Labute approximate surface area is 105 Å². The van der Waals surface area contributed by atoms with Crippen molar-refractivity contribution in [2.75, 3.05) is 25.0 Å². The van der Waals surface area contributed by atoms with Crippen LogP contribution in [0.3, 0.4) is 0 Å². The van der Waals surface area contributed by atoms with Crippen LogP contribution >= 0.6 is 0 Å². The van der Waals surface area contributed by atoms with Gasteiger partial charge in [-0.25, -0.2) is 0 Å². The third kappa shape index (κ3) is 3.22. The first kappa shape index (κ1) is 12.4. The van der Waals surface area contributed by atoms with Crippen LogP contribution in [0.1, 0.15) is 36.8 Å². The Morgan fingerprint density at radius 2 is 1.82 bits per heavy atom. The van der Waals surface area contributed by atoms with E-state index in [1.165, 1.54) is 55.6 Å². The van der Waals surface area contributed by atoms with Crippen LogP contribution in [0.15, 0.2) is 18.2 Å². The van der Waals surface area contributed by atoms with Gasteiger partial charge in [-0.1, -0.05) is 18.9 Å². The van der Waals surface area contributed by atoms with Crippen molar-refractivity contribution in [3.05, 3.63) is 29.3 Å². The summed E-state index contributed by atoms with van der Waals surface area (Å²) >= 11 is 0.